The molecule has 0 saturated heterocycles. The van der Waals surface area contributed by atoms with Crippen molar-refractivity contribution in [2.24, 2.45) is 10.7 Å². The van der Waals surface area contributed by atoms with Crippen LogP contribution < -0.4 is 20.5 Å². The lowest BCUT2D eigenvalue weighted by molar-refractivity contribution is 0.197. The van der Waals surface area contributed by atoms with Crippen LogP contribution in [0.3, 0.4) is 0 Å². The summed E-state index contributed by atoms with van der Waals surface area (Å²) in [5.41, 5.74) is 6.69. The molecule has 0 aliphatic carbocycles. The molecule has 3 N–H and O–H groups in total. The fourth-order valence-electron chi connectivity index (χ4n) is 2.03. The van der Waals surface area contributed by atoms with Crippen molar-refractivity contribution in [2.45, 2.75) is 19.4 Å². The van der Waals surface area contributed by atoms with E-state index in [4.69, 9.17) is 15.2 Å². The second-order valence-electron chi connectivity index (χ2n) is 5.16. The molecule has 0 radical (unpaired) electrons. The van der Waals surface area contributed by atoms with E-state index in [1.165, 1.54) is 6.07 Å². The van der Waals surface area contributed by atoms with Crippen molar-refractivity contribution in [1.82, 2.24) is 0 Å². The molecule has 24 heavy (non-hydrogen) atoms. The van der Waals surface area contributed by atoms with Gasteiger partial charge in [0.25, 0.3) is 0 Å². The largest absolute Gasteiger partial charge is 0.497 e. The minimum atomic E-state index is -0.385. The molecule has 5 nitrogen and oxygen atoms in total. The van der Waals surface area contributed by atoms with Crippen molar-refractivity contribution in [3.8, 4) is 11.5 Å². The molecular formula is C18H22FN3O2. The summed E-state index contributed by atoms with van der Waals surface area (Å²) in [6.45, 7) is 2.29. The Morgan fingerprint density at radius 2 is 1.92 bits per heavy atom. The summed E-state index contributed by atoms with van der Waals surface area (Å²) < 4.78 is 24.4. The van der Waals surface area contributed by atoms with Crippen molar-refractivity contribution in [1.29, 1.82) is 0 Å². The third-order valence-corrected chi connectivity index (χ3v) is 3.41. The van der Waals surface area contributed by atoms with E-state index in [0.717, 1.165) is 11.4 Å². The number of benzene rings is 2. The Balaban J connectivity index is 1.92. The van der Waals surface area contributed by atoms with Gasteiger partial charge in [-0.05, 0) is 42.8 Å². The highest BCUT2D eigenvalue weighted by molar-refractivity contribution is 5.92. The molecule has 0 aliphatic heterocycles. The number of hydrogen-bond donors (Lipinski definition) is 2. The number of nitrogens with two attached hydrogens (primary N) is 1. The van der Waals surface area contributed by atoms with Crippen molar-refractivity contribution in [3.63, 3.8) is 0 Å². The Morgan fingerprint density at radius 3 is 2.54 bits per heavy atom. The van der Waals surface area contributed by atoms with Gasteiger partial charge in [0.15, 0.2) is 17.5 Å². The lowest BCUT2D eigenvalue weighted by atomic mass is 10.2. The third-order valence-electron chi connectivity index (χ3n) is 3.41. The van der Waals surface area contributed by atoms with Crippen LogP contribution in [0.15, 0.2) is 53.5 Å². The van der Waals surface area contributed by atoms with Gasteiger partial charge in [0.2, 0.25) is 0 Å². The molecule has 0 fully saturated rings. The van der Waals surface area contributed by atoms with E-state index >= 15 is 0 Å². The highest BCUT2D eigenvalue weighted by Gasteiger charge is 2.10. The summed E-state index contributed by atoms with van der Waals surface area (Å²) in [7, 11) is 1.61. The summed E-state index contributed by atoms with van der Waals surface area (Å²) in [6, 6.07) is 13.7. The number of guanidine groups is 1. The molecule has 2 aromatic rings. The van der Waals surface area contributed by atoms with Gasteiger partial charge in [-0.15, -0.1) is 0 Å². The van der Waals surface area contributed by atoms with Crippen LogP contribution in [0.2, 0.25) is 0 Å². The van der Waals surface area contributed by atoms with Gasteiger partial charge in [-0.25, -0.2) is 9.38 Å². The zero-order valence-corrected chi connectivity index (χ0v) is 13.8. The number of ether oxygens (including phenoxy) is 2. The maximum atomic E-state index is 13.6. The molecule has 0 saturated carbocycles. The lowest BCUT2D eigenvalue weighted by Gasteiger charge is -2.16. The van der Waals surface area contributed by atoms with Crippen molar-refractivity contribution < 1.29 is 13.9 Å². The molecular weight excluding hydrogens is 309 g/mol. The molecule has 1 unspecified atom stereocenters. The minimum Gasteiger partial charge on any atom is -0.497 e. The van der Waals surface area contributed by atoms with E-state index in [1.807, 2.05) is 31.2 Å². The minimum absolute atomic E-state index is 0.223. The lowest BCUT2D eigenvalue weighted by Crippen LogP contribution is -2.26. The van der Waals surface area contributed by atoms with E-state index in [1.54, 1.807) is 25.3 Å². The number of anilines is 1. The molecule has 2 rings (SSSR count). The van der Waals surface area contributed by atoms with Gasteiger partial charge in [0.1, 0.15) is 11.9 Å². The van der Waals surface area contributed by atoms with Gasteiger partial charge in [-0.3, -0.25) is 0 Å². The highest BCUT2D eigenvalue weighted by Crippen LogP contribution is 2.18. The van der Waals surface area contributed by atoms with Crippen LogP contribution in [0.1, 0.15) is 13.3 Å². The summed E-state index contributed by atoms with van der Waals surface area (Å²) in [5.74, 6) is 0.877. The molecule has 0 aromatic heterocycles. The van der Waals surface area contributed by atoms with Crippen LogP contribution in [0.4, 0.5) is 10.1 Å². The number of rotatable bonds is 7. The summed E-state index contributed by atoms with van der Waals surface area (Å²) in [6.07, 6.45) is 0.436. The van der Waals surface area contributed by atoms with E-state index < -0.39 is 0 Å². The molecule has 0 bridgehead atoms. The number of para-hydroxylation sites is 1. The molecule has 0 aliphatic rings. The average Bonchev–Trinajstić information content (AvgIpc) is 2.60. The van der Waals surface area contributed by atoms with Gasteiger partial charge >= 0.3 is 0 Å². The summed E-state index contributed by atoms with van der Waals surface area (Å²) in [5, 5.41) is 2.99. The van der Waals surface area contributed by atoms with E-state index in [0.29, 0.717) is 13.0 Å². The molecule has 1 atom stereocenters. The first kappa shape index (κ1) is 17.6. The first-order valence-electron chi connectivity index (χ1n) is 7.74. The SMILES string of the molecule is CCC(CN=C(N)Nc1ccc(OC)cc1)Oc1ccccc1F. The van der Waals surface area contributed by atoms with Crippen molar-refractivity contribution >= 4 is 11.6 Å². The van der Waals surface area contributed by atoms with Gasteiger partial charge in [-0.2, -0.15) is 0 Å². The number of methoxy groups -OCH3 is 1. The fourth-order valence-corrected chi connectivity index (χ4v) is 2.03. The van der Waals surface area contributed by atoms with Crippen LogP contribution in [0.5, 0.6) is 11.5 Å². The molecule has 0 heterocycles. The van der Waals surface area contributed by atoms with E-state index in [9.17, 15) is 4.39 Å². The van der Waals surface area contributed by atoms with E-state index in [2.05, 4.69) is 10.3 Å². The van der Waals surface area contributed by atoms with Gasteiger partial charge < -0.3 is 20.5 Å². The number of nitrogens with one attached hydrogen (secondary N) is 1. The Hall–Kier alpha value is -2.76. The number of halogens is 1. The van der Waals surface area contributed by atoms with Crippen LogP contribution in [-0.2, 0) is 0 Å². The standard InChI is InChI=1S/C18H22FN3O2/c1-3-14(24-17-7-5-4-6-16(17)19)12-21-18(20)22-13-8-10-15(23-2)11-9-13/h4-11,14H,3,12H2,1-2H3,(H3,20,21,22). The van der Waals surface area contributed by atoms with Crippen molar-refractivity contribution in [3.05, 3.63) is 54.3 Å². The van der Waals surface area contributed by atoms with Crippen LogP contribution in [-0.4, -0.2) is 25.7 Å². The van der Waals surface area contributed by atoms with Crippen LogP contribution in [0, 0.1) is 5.82 Å². The van der Waals surface area contributed by atoms with Gasteiger partial charge in [0.05, 0.1) is 13.7 Å². The first-order chi connectivity index (χ1) is 11.6. The Kier molecular flexibility index (Phi) is 6.42. The van der Waals surface area contributed by atoms with Gasteiger partial charge in [0, 0.05) is 5.69 Å². The second-order valence-corrected chi connectivity index (χ2v) is 5.16. The molecule has 0 spiro atoms. The smallest absolute Gasteiger partial charge is 0.193 e. The predicted molar refractivity (Wildman–Crippen MR) is 94.2 cm³/mol. The first-order valence-corrected chi connectivity index (χ1v) is 7.74. The Labute approximate surface area is 141 Å². The summed E-state index contributed by atoms with van der Waals surface area (Å²) in [4.78, 5) is 4.26. The zero-order chi connectivity index (χ0) is 17.4. The van der Waals surface area contributed by atoms with Crippen molar-refractivity contribution in [2.75, 3.05) is 19.0 Å². The average molecular weight is 331 g/mol. The Bertz CT molecular complexity index is 674. The zero-order valence-electron chi connectivity index (χ0n) is 13.8. The van der Waals surface area contributed by atoms with E-state index in [-0.39, 0.29) is 23.6 Å². The second kappa shape index (κ2) is 8.76. The van der Waals surface area contributed by atoms with Crippen LogP contribution in [0.25, 0.3) is 0 Å². The third kappa shape index (κ3) is 5.15. The fraction of sp³-hybridized carbons (Fsp3) is 0.278. The van der Waals surface area contributed by atoms with Gasteiger partial charge in [-0.1, -0.05) is 19.1 Å². The summed E-state index contributed by atoms with van der Waals surface area (Å²) >= 11 is 0. The topological polar surface area (TPSA) is 68.9 Å². The molecule has 2 aromatic carbocycles. The predicted octanol–water partition coefficient (Wildman–Crippen LogP) is 3.42. The molecule has 128 valence electrons. The number of aliphatic imine (C=N–C) groups is 1. The highest BCUT2D eigenvalue weighted by atomic mass is 19.1. The monoisotopic (exact) mass is 331 g/mol. The molecule has 6 heteroatoms. The van der Waals surface area contributed by atoms with Crippen LogP contribution >= 0.6 is 0 Å². The number of nitrogens with zero attached hydrogens (tertiary/aromatic N) is 1. The maximum Gasteiger partial charge on any atom is 0.193 e. The maximum absolute atomic E-state index is 13.6. The Morgan fingerprint density at radius 1 is 1.21 bits per heavy atom. The number of hydrogen-bond acceptors (Lipinski definition) is 3. The molecule has 0 amide bonds. The quantitative estimate of drug-likeness (QED) is 0.602. The normalized spacial score (nSPS) is 12.5.